The summed E-state index contributed by atoms with van der Waals surface area (Å²) in [6.07, 6.45) is 0. The maximum absolute atomic E-state index is 6.40. The highest BCUT2D eigenvalue weighted by molar-refractivity contribution is 6.46. The molecule has 0 saturated heterocycles. The van der Waals surface area contributed by atoms with E-state index >= 15 is 0 Å². The van der Waals surface area contributed by atoms with Crippen molar-refractivity contribution in [3.63, 3.8) is 0 Å². The fourth-order valence-corrected chi connectivity index (χ4v) is 3.08. The van der Waals surface area contributed by atoms with E-state index in [-0.39, 0.29) is 14.9 Å². The first-order valence-electron chi connectivity index (χ1n) is 7.10. The summed E-state index contributed by atoms with van der Waals surface area (Å²) in [4.78, 5) is 0. The number of hydrogen-bond acceptors (Lipinski definition) is 0. The SMILES string of the molecule is C.C.[B]c1c2ccccc2c(-c2ccccc2)c2ccccc12. The molecule has 4 aromatic carbocycles. The van der Waals surface area contributed by atoms with Crippen LogP contribution in [0.3, 0.4) is 0 Å². The van der Waals surface area contributed by atoms with Gasteiger partial charge in [0.2, 0.25) is 0 Å². The van der Waals surface area contributed by atoms with Crippen LogP contribution in [0.2, 0.25) is 0 Å². The molecule has 0 aliphatic carbocycles. The van der Waals surface area contributed by atoms with Crippen LogP contribution in [0.4, 0.5) is 0 Å². The van der Waals surface area contributed by atoms with Crippen LogP contribution < -0.4 is 5.46 Å². The van der Waals surface area contributed by atoms with Gasteiger partial charge in [-0.3, -0.25) is 0 Å². The molecule has 0 amide bonds. The van der Waals surface area contributed by atoms with Gasteiger partial charge in [-0.1, -0.05) is 99.2 Å². The molecule has 2 radical (unpaired) electrons. The van der Waals surface area contributed by atoms with Crippen LogP contribution in [0.1, 0.15) is 14.9 Å². The van der Waals surface area contributed by atoms with Crippen molar-refractivity contribution in [1.29, 1.82) is 0 Å². The van der Waals surface area contributed by atoms with Crippen molar-refractivity contribution in [2.75, 3.05) is 0 Å². The summed E-state index contributed by atoms with van der Waals surface area (Å²) in [7, 11) is 6.40. The molecule has 0 nitrogen and oxygen atoms in total. The highest BCUT2D eigenvalue weighted by atomic mass is 14.1. The lowest BCUT2D eigenvalue weighted by molar-refractivity contribution is 1.68. The summed E-state index contributed by atoms with van der Waals surface area (Å²) in [6.45, 7) is 0. The molecule has 23 heavy (non-hydrogen) atoms. The molecule has 0 spiro atoms. The van der Waals surface area contributed by atoms with Crippen molar-refractivity contribution in [1.82, 2.24) is 0 Å². The van der Waals surface area contributed by atoms with Crippen LogP contribution in [-0.4, -0.2) is 7.85 Å². The molecule has 0 aliphatic rings. The molecule has 0 bridgehead atoms. The van der Waals surface area contributed by atoms with Crippen molar-refractivity contribution in [2.45, 2.75) is 14.9 Å². The van der Waals surface area contributed by atoms with Gasteiger partial charge in [-0.05, 0) is 32.7 Å². The Bertz CT molecular complexity index is 883. The third kappa shape index (κ3) is 2.64. The Kier molecular flexibility index (Phi) is 4.90. The summed E-state index contributed by atoms with van der Waals surface area (Å²) in [5, 5.41) is 4.66. The fraction of sp³-hybridized carbons (Fsp3) is 0.0909. The van der Waals surface area contributed by atoms with Crippen LogP contribution >= 0.6 is 0 Å². The Morgan fingerprint density at radius 2 is 0.870 bits per heavy atom. The van der Waals surface area contributed by atoms with E-state index in [1.807, 2.05) is 18.2 Å². The molecule has 0 aromatic heterocycles. The molecule has 112 valence electrons. The van der Waals surface area contributed by atoms with Gasteiger partial charge < -0.3 is 0 Å². The standard InChI is InChI=1S/C20H13B.2CH4/c21-20-17-12-6-4-10-15(17)19(14-8-2-1-3-9-14)16-11-5-7-13-18(16)20;;/h1-13H;2*1H4. The second kappa shape index (κ2) is 6.70. The molecule has 0 atom stereocenters. The van der Waals surface area contributed by atoms with E-state index in [1.54, 1.807) is 0 Å². The first-order chi connectivity index (χ1) is 10.4. The number of rotatable bonds is 1. The van der Waals surface area contributed by atoms with Gasteiger partial charge in [0.1, 0.15) is 7.85 Å². The first kappa shape index (κ1) is 16.8. The van der Waals surface area contributed by atoms with Gasteiger partial charge in [-0.25, -0.2) is 0 Å². The number of hydrogen-bond donors (Lipinski definition) is 0. The third-order valence-electron chi connectivity index (χ3n) is 4.04. The molecular weight excluding hydrogens is 275 g/mol. The Hall–Kier alpha value is -2.54. The number of fused-ring (bicyclic) bond motifs is 2. The zero-order valence-corrected chi connectivity index (χ0v) is 11.6. The summed E-state index contributed by atoms with van der Waals surface area (Å²) >= 11 is 0. The smallest absolute Gasteiger partial charge is 0.0812 e. The van der Waals surface area contributed by atoms with E-state index < -0.39 is 0 Å². The van der Waals surface area contributed by atoms with Crippen LogP contribution in [0.5, 0.6) is 0 Å². The number of benzene rings is 4. The van der Waals surface area contributed by atoms with Crippen molar-refractivity contribution >= 4 is 34.9 Å². The fourth-order valence-electron chi connectivity index (χ4n) is 3.08. The molecule has 0 saturated carbocycles. The first-order valence-corrected chi connectivity index (χ1v) is 7.10. The highest BCUT2D eigenvalue weighted by Crippen LogP contribution is 2.34. The topological polar surface area (TPSA) is 0 Å². The second-order valence-electron chi connectivity index (χ2n) is 5.25. The average molecular weight is 296 g/mol. The summed E-state index contributed by atoms with van der Waals surface area (Å²) in [6, 6.07) is 27.3. The largest absolute Gasteiger partial charge is 0.115 e. The lowest BCUT2D eigenvalue weighted by atomic mass is 9.81. The molecule has 0 fully saturated rings. The van der Waals surface area contributed by atoms with Crippen LogP contribution in [0, 0.1) is 0 Å². The molecule has 0 aliphatic heterocycles. The quantitative estimate of drug-likeness (QED) is 0.311. The second-order valence-corrected chi connectivity index (χ2v) is 5.25. The van der Waals surface area contributed by atoms with Gasteiger partial charge >= 0.3 is 0 Å². The van der Waals surface area contributed by atoms with E-state index in [4.69, 9.17) is 7.85 Å². The van der Waals surface area contributed by atoms with Gasteiger partial charge in [0.25, 0.3) is 0 Å². The predicted molar refractivity (Wildman–Crippen MR) is 106 cm³/mol. The minimum Gasteiger partial charge on any atom is -0.0812 e. The van der Waals surface area contributed by atoms with Crippen LogP contribution in [0.25, 0.3) is 32.7 Å². The normalized spacial score (nSPS) is 10.1. The summed E-state index contributed by atoms with van der Waals surface area (Å²) in [5.41, 5.74) is 3.35. The minimum absolute atomic E-state index is 0. The average Bonchev–Trinajstić information content (AvgIpc) is 2.56. The molecule has 4 rings (SSSR count). The summed E-state index contributed by atoms with van der Waals surface area (Å²) in [5.74, 6) is 0. The highest BCUT2D eigenvalue weighted by Gasteiger charge is 2.11. The van der Waals surface area contributed by atoms with Crippen molar-refractivity contribution in [3.8, 4) is 11.1 Å². The van der Waals surface area contributed by atoms with Gasteiger partial charge in [-0.2, -0.15) is 0 Å². The summed E-state index contributed by atoms with van der Waals surface area (Å²) < 4.78 is 0. The van der Waals surface area contributed by atoms with Crippen LogP contribution in [-0.2, 0) is 0 Å². The van der Waals surface area contributed by atoms with E-state index in [9.17, 15) is 0 Å². The Labute approximate surface area is 140 Å². The lowest BCUT2D eigenvalue weighted by Crippen LogP contribution is -2.07. The Morgan fingerprint density at radius 1 is 0.478 bits per heavy atom. The molecule has 1 heteroatoms. The zero-order chi connectivity index (χ0) is 14.2. The molecule has 4 aromatic rings. The van der Waals surface area contributed by atoms with Gasteiger partial charge in [0, 0.05) is 0 Å². The third-order valence-corrected chi connectivity index (χ3v) is 4.04. The monoisotopic (exact) mass is 296 g/mol. The Morgan fingerprint density at radius 3 is 1.35 bits per heavy atom. The van der Waals surface area contributed by atoms with Crippen LogP contribution in [0.15, 0.2) is 78.9 Å². The molecular formula is C22H21B. The zero-order valence-electron chi connectivity index (χ0n) is 11.6. The lowest BCUT2D eigenvalue weighted by Gasteiger charge is -2.15. The Balaban J connectivity index is 0.000000960. The molecule has 0 N–H and O–H groups in total. The van der Waals surface area contributed by atoms with Gasteiger partial charge in [0.05, 0.1) is 0 Å². The maximum atomic E-state index is 6.40. The van der Waals surface area contributed by atoms with Crippen molar-refractivity contribution in [2.24, 2.45) is 0 Å². The predicted octanol–water partition coefficient (Wildman–Crippen LogP) is 5.73. The van der Waals surface area contributed by atoms with Gasteiger partial charge in [-0.15, -0.1) is 0 Å². The van der Waals surface area contributed by atoms with Crippen molar-refractivity contribution < 1.29 is 0 Å². The molecule has 0 heterocycles. The maximum Gasteiger partial charge on any atom is 0.115 e. The van der Waals surface area contributed by atoms with E-state index in [0.717, 1.165) is 16.2 Å². The van der Waals surface area contributed by atoms with E-state index in [2.05, 4.69) is 60.7 Å². The van der Waals surface area contributed by atoms with Crippen molar-refractivity contribution in [3.05, 3.63) is 78.9 Å². The minimum atomic E-state index is 0. The van der Waals surface area contributed by atoms with E-state index in [0.29, 0.717) is 0 Å². The van der Waals surface area contributed by atoms with E-state index in [1.165, 1.54) is 21.9 Å². The van der Waals surface area contributed by atoms with Gasteiger partial charge in [0.15, 0.2) is 0 Å². The molecule has 0 unspecified atom stereocenters.